The van der Waals surface area contributed by atoms with E-state index in [4.69, 9.17) is 0 Å². The Kier molecular flexibility index (Phi) is 5.22. The summed E-state index contributed by atoms with van der Waals surface area (Å²) in [6.45, 7) is 7.77. The molecule has 0 spiro atoms. The van der Waals surface area contributed by atoms with Crippen molar-refractivity contribution in [1.82, 2.24) is 10.2 Å². The molecule has 0 aliphatic heterocycles. The third-order valence-corrected chi connectivity index (χ3v) is 3.92. The minimum absolute atomic E-state index is 0.143. The first-order valence-corrected chi connectivity index (χ1v) is 6.57. The molecule has 16 heavy (non-hydrogen) atoms. The third kappa shape index (κ3) is 4.40. The molecule has 1 saturated carbocycles. The fourth-order valence-corrected chi connectivity index (χ4v) is 2.23. The minimum Gasteiger partial charge on any atom is -0.389 e. The molecular formula is C13H28N2O. The average Bonchev–Trinajstić information content (AvgIpc) is 2.68. The molecule has 1 aliphatic rings. The van der Waals surface area contributed by atoms with Crippen LogP contribution in [0.2, 0.25) is 0 Å². The van der Waals surface area contributed by atoms with E-state index in [-0.39, 0.29) is 6.04 Å². The normalized spacial score (nSPS) is 20.6. The van der Waals surface area contributed by atoms with Gasteiger partial charge in [-0.05, 0) is 40.7 Å². The van der Waals surface area contributed by atoms with E-state index in [2.05, 4.69) is 17.3 Å². The topological polar surface area (TPSA) is 35.5 Å². The Hall–Kier alpha value is -0.120. The second-order valence-electron chi connectivity index (χ2n) is 5.75. The summed E-state index contributed by atoms with van der Waals surface area (Å²) in [6, 6.07) is 0.934. The highest BCUT2D eigenvalue weighted by atomic mass is 16.3. The fourth-order valence-electron chi connectivity index (χ4n) is 2.23. The van der Waals surface area contributed by atoms with Crippen molar-refractivity contribution < 1.29 is 5.11 Å². The molecule has 1 atom stereocenters. The molecule has 0 aromatic carbocycles. The van der Waals surface area contributed by atoms with E-state index in [0.29, 0.717) is 0 Å². The minimum atomic E-state index is -0.633. The number of hydrogen-bond donors (Lipinski definition) is 2. The van der Waals surface area contributed by atoms with E-state index in [9.17, 15) is 5.11 Å². The summed E-state index contributed by atoms with van der Waals surface area (Å²) in [5.74, 6) is 0. The van der Waals surface area contributed by atoms with Gasteiger partial charge in [0.25, 0.3) is 0 Å². The van der Waals surface area contributed by atoms with Gasteiger partial charge in [0.15, 0.2) is 0 Å². The summed E-state index contributed by atoms with van der Waals surface area (Å²) in [5.41, 5.74) is -0.633. The maximum atomic E-state index is 9.79. The number of rotatable bonds is 6. The molecule has 96 valence electrons. The van der Waals surface area contributed by atoms with Crippen molar-refractivity contribution >= 4 is 0 Å². The zero-order valence-corrected chi connectivity index (χ0v) is 11.3. The van der Waals surface area contributed by atoms with Crippen molar-refractivity contribution in [3.8, 4) is 0 Å². The lowest BCUT2D eigenvalue weighted by molar-refractivity contribution is 0.0433. The van der Waals surface area contributed by atoms with Crippen molar-refractivity contribution in [2.24, 2.45) is 0 Å². The molecule has 0 bridgehead atoms. The Labute approximate surface area is 100 Å². The molecule has 1 aliphatic carbocycles. The largest absolute Gasteiger partial charge is 0.389 e. The number of nitrogens with one attached hydrogen (secondary N) is 1. The van der Waals surface area contributed by atoms with Crippen LogP contribution < -0.4 is 5.32 Å². The Balaban J connectivity index is 2.14. The van der Waals surface area contributed by atoms with Gasteiger partial charge in [-0.2, -0.15) is 0 Å². The van der Waals surface area contributed by atoms with E-state index >= 15 is 0 Å². The highest BCUT2D eigenvalue weighted by Crippen LogP contribution is 2.21. The lowest BCUT2D eigenvalue weighted by Gasteiger charge is -2.29. The summed E-state index contributed by atoms with van der Waals surface area (Å²) in [6.07, 6.45) is 5.50. The molecule has 2 N–H and O–H groups in total. The number of nitrogens with zero attached hydrogens (tertiary/aromatic N) is 1. The van der Waals surface area contributed by atoms with Crippen LogP contribution in [0, 0.1) is 0 Å². The van der Waals surface area contributed by atoms with Gasteiger partial charge >= 0.3 is 0 Å². The van der Waals surface area contributed by atoms with Crippen LogP contribution >= 0.6 is 0 Å². The first-order chi connectivity index (χ1) is 7.41. The Morgan fingerprint density at radius 3 is 2.44 bits per heavy atom. The van der Waals surface area contributed by atoms with E-state index in [1.165, 1.54) is 25.7 Å². The van der Waals surface area contributed by atoms with Crippen LogP contribution in [-0.2, 0) is 0 Å². The molecule has 3 nitrogen and oxygen atoms in total. The zero-order valence-electron chi connectivity index (χ0n) is 11.3. The highest BCUT2D eigenvalue weighted by molar-refractivity contribution is 4.80. The first kappa shape index (κ1) is 13.9. The van der Waals surface area contributed by atoms with Crippen LogP contribution in [-0.4, -0.2) is 47.8 Å². The zero-order chi connectivity index (χ0) is 12.2. The van der Waals surface area contributed by atoms with Gasteiger partial charge in [0, 0.05) is 25.2 Å². The van der Waals surface area contributed by atoms with Gasteiger partial charge in [-0.1, -0.05) is 12.8 Å². The van der Waals surface area contributed by atoms with Gasteiger partial charge in [-0.25, -0.2) is 0 Å². The van der Waals surface area contributed by atoms with Crippen molar-refractivity contribution in [2.75, 3.05) is 20.1 Å². The number of aliphatic hydroxyl groups is 1. The van der Waals surface area contributed by atoms with Gasteiger partial charge < -0.3 is 15.3 Å². The molecule has 0 saturated heterocycles. The molecule has 0 amide bonds. The molecular weight excluding hydrogens is 200 g/mol. The third-order valence-electron chi connectivity index (χ3n) is 3.92. The van der Waals surface area contributed by atoms with E-state index in [1.54, 1.807) is 0 Å². The second kappa shape index (κ2) is 5.99. The van der Waals surface area contributed by atoms with Gasteiger partial charge in [0.2, 0.25) is 0 Å². The van der Waals surface area contributed by atoms with Crippen LogP contribution in [0.1, 0.15) is 46.5 Å². The lowest BCUT2D eigenvalue weighted by Crippen LogP contribution is -2.47. The van der Waals surface area contributed by atoms with Gasteiger partial charge in [0.1, 0.15) is 0 Å². The van der Waals surface area contributed by atoms with Gasteiger partial charge in [-0.3, -0.25) is 0 Å². The maximum Gasteiger partial charge on any atom is 0.0741 e. The van der Waals surface area contributed by atoms with Crippen LogP contribution in [0.15, 0.2) is 0 Å². The molecule has 0 heterocycles. The standard InChI is InChI=1S/C13H28N2O/c1-11(13(2,3)16)14-9-10-15(4)12-7-5-6-8-12/h11-12,14,16H,5-10H2,1-4H3. The van der Waals surface area contributed by atoms with Crippen molar-refractivity contribution in [1.29, 1.82) is 0 Å². The van der Waals surface area contributed by atoms with Gasteiger partial charge in [-0.15, -0.1) is 0 Å². The average molecular weight is 228 g/mol. The van der Waals surface area contributed by atoms with Crippen molar-refractivity contribution in [2.45, 2.75) is 64.1 Å². The molecule has 1 fully saturated rings. The van der Waals surface area contributed by atoms with Crippen LogP contribution in [0.4, 0.5) is 0 Å². The first-order valence-electron chi connectivity index (χ1n) is 6.57. The second-order valence-corrected chi connectivity index (χ2v) is 5.75. The van der Waals surface area contributed by atoms with Crippen LogP contribution in [0.25, 0.3) is 0 Å². The Bertz CT molecular complexity index is 195. The summed E-state index contributed by atoms with van der Waals surface area (Å²) >= 11 is 0. The molecule has 0 aromatic heterocycles. The number of hydrogen-bond acceptors (Lipinski definition) is 3. The molecule has 3 heteroatoms. The van der Waals surface area contributed by atoms with Crippen LogP contribution in [0.3, 0.4) is 0 Å². The molecule has 0 radical (unpaired) electrons. The Morgan fingerprint density at radius 2 is 1.94 bits per heavy atom. The molecule has 1 rings (SSSR count). The predicted octanol–water partition coefficient (Wildman–Crippen LogP) is 1.61. The lowest BCUT2D eigenvalue weighted by atomic mass is 10.0. The summed E-state index contributed by atoms with van der Waals surface area (Å²) in [5, 5.41) is 13.2. The fraction of sp³-hybridized carbons (Fsp3) is 1.00. The summed E-state index contributed by atoms with van der Waals surface area (Å²) < 4.78 is 0. The predicted molar refractivity (Wildman–Crippen MR) is 68.6 cm³/mol. The monoisotopic (exact) mass is 228 g/mol. The van der Waals surface area contributed by atoms with E-state index in [0.717, 1.165) is 19.1 Å². The quantitative estimate of drug-likeness (QED) is 0.725. The number of likely N-dealkylation sites (N-methyl/N-ethyl adjacent to an activating group) is 1. The maximum absolute atomic E-state index is 9.79. The van der Waals surface area contributed by atoms with E-state index in [1.807, 2.05) is 20.8 Å². The van der Waals surface area contributed by atoms with Crippen molar-refractivity contribution in [3.63, 3.8) is 0 Å². The highest BCUT2D eigenvalue weighted by Gasteiger charge is 2.22. The smallest absolute Gasteiger partial charge is 0.0741 e. The molecule has 0 aromatic rings. The van der Waals surface area contributed by atoms with Gasteiger partial charge in [0.05, 0.1) is 5.60 Å². The SMILES string of the molecule is CC(NCCN(C)C1CCCC1)C(C)(C)O. The van der Waals surface area contributed by atoms with Crippen molar-refractivity contribution in [3.05, 3.63) is 0 Å². The summed E-state index contributed by atoms with van der Waals surface area (Å²) in [7, 11) is 2.21. The Morgan fingerprint density at radius 1 is 1.38 bits per heavy atom. The molecule has 1 unspecified atom stereocenters. The van der Waals surface area contributed by atoms with E-state index < -0.39 is 5.60 Å². The van der Waals surface area contributed by atoms with Crippen LogP contribution in [0.5, 0.6) is 0 Å². The summed E-state index contributed by atoms with van der Waals surface area (Å²) in [4.78, 5) is 2.46.